The number of nitrogens with zero attached hydrogens (tertiary/aromatic N) is 2. The van der Waals surface area contributed by atoms with Crippen molar-refractivity contribution in [2.24, 2.45) is 16.8 Å². The van der Waals surface area contributed by atoms with Gasteiger partial charge < -0.3 is 14.4 Å². The van der Waals surface area contributed by atoms with E-state index in [0.717, 1.165) is 32.0 Å². The van der Waals surface area contributed by atoms with E-state index in [1.807, 2.05) is 27.8 Å². The summed E-state index contributed by atoms with van der Waals surface area (Å²) in [4.78, 5) is 6.69. The van der Waals surface area contributed by atoms with Crippen LogP contribution in [-0.4, -0.2) is 57.3 Å². The average molecular weight is 286 g/mol. The van der Waals surface area contributed by atoms with Crippen LogP contribution in [-0.2, 0) is 9.47 Å². The lowest BCUT2D eigenvalue weighted by Crippen LogP contribution is -2.44. The van der Waals surface area contributed by atoms with Crippen molar-refractivity contribution in [1.82, 2.24) is 4.90 Å². The van der Waals surface area contributed by atoms with Crippen molar-refractivity contribution in [2.45, 2.75) is 47.1 Å². The second kappa shape index (κ2) is 11.1. The molecule has 0 saturated carbocycles. The zero-order valence-electron chi connectivity index (χ0n) is 14.5. The smallest absolute Gasteiger partial charge is 0.186 e. The Morgan fingerprint density at radius 1 is 1.35 bits per heavy atom. The van der Waals surface area contributed by atoms with Gasteiger partial charge >= 0.3 is 0 Å². The van der Waals surface area contributed by atoms with Crippen LogP contribution in [0.25, 0.3) is 0 Å². The van der Waals surface area contributed by atoms with Gasteiger partial charge in [0, 0.05) is 25.4 Å². The number of piperidine rings is 1. The second-order valence-electron chi connectivity index (χ2n) is 5.29. The van der Waals surface area contributed by atoms with Crippen LogP contribution in [0.5, 0.6) is 0 Å². The predicted octanol–water partition coefficient (Wildman–Crippen LogP) is 3.07. The fourth-order valence-electron chi connectivity index (χ4n) is 2.51. The lowest BCUT2D eigenvalue weighted by atomic mass is 9.86. The highest BCUT2D eigenvalue weighted by molar-refractivity contribution is 5.79. The van der Waals surface area contributed by atoms with Crippen LogP contribution < -0.4 is 0 Å². The Hall–Kier alpha value is -0.610. The zero-order valence-corrected chi connectivity index (χ0v) is 14.5. The first-order valence-electron chi connectivity index (χ1n) is 7.98. The SMILES string of the molecule is CC.CCOC(=NC)[C@H]1CCN(C)CC1COC(C)C. The summed E-state index contributed by atoms with van der Waals surface area (Å²) >= 11 is 0. The molecule has 0 amide bonds. The van der Waals surface area contributed by atoms with Gasteiger partial charge in [-0.25, -0.2) is 0 Å². The van der Waals surface area contributed by atoms with Gasteiger partial charge in [-0.2, -0.15) is 0 Å². The summed E-state index contributed by atoms with van der Waals surface area (Å²) in [6.07, 6.45) is 1.39. The molecule has 0 N–H and O–H groups in total. The summed E-state index contributed by atoms with van der Waals surface area (Å²) in [5, 5.41) is 0. The van der Waals surface area contributed by atoms with E-state index in [2.05, 4.69) is 30.8 Å². The maximum atomic E-state index is 5.80. The van der Waals surface area contributed by atoms with Crippen molar-refractivity contribution in [3.05, 3.63) is 0 Å². The number of ether oxygens (including phenoxy) is 2. The molecule has 0 aromatic heterocycles. The lowest BCUT2D eigenvalue weighted by Gasteiger charge is -2.37. The van der Waals surface area contributed by atoms with Crippen LogP contribution in [0.15, 0.2) is 4.99 Å². The van der Waals surface area contributed by atoms with Gasteiger partial charge in [0.2, 0.25) is 0 Å². The van der Waals surface area contributed by atoms with E-state index in [1.165, 1.54) is 0 Å². The first-order valence-corrected chi connectivity index (χ1v) is 7.98. The minimum atomic E-state index is 0.284. The molecule has 20 heavy (non-hydrogen) atoms. The molecular weight excluding hydrogens is 252 g/mol. The van der Waals surface area contributed by atoms with Crippen LogP contribution in [0.3, 0.4) is 0 Å². The molecular formula is C16H34N2O2. The molecule has 1 fully saturated rings. The highest BCUT2D eigenvalue weighted by Crippen LogP contribution is 2.25. The molecule has 1 saturated heterocycles. The minimum absolute atomic E-state index is 0.284. The Labute approximate surface area is 125 Å². The molecule has 1 heterocycles. The predicted molar refractivity (Wildman–Crippen MR) is 86.5 cm³/mol. The van der Waals surface area contributed by atoms with E-state index < -0.39 is 0 Å². The van der Waals surface area contributed by atoms with Crippen LogP contribution >= 0.6 is 0 Å². The summed E-state index contributed by atoms with van der Waals surface area (Å²) in [6, 6.07) is 0. The van der Waals surface area contributed by atoms with Crippen LogP contribution in [0, 0.1) is 11.8 Å². The Bertz CT molecular complexity index is 267. The van der Waals surface area contributed by atoms with Crippen molar-refractivity contribution in [3.63, 3.8) is 0 Å². The largest absolute Gasteiger partial charge is 0.481 e. The minimum Gasteiger partial charge on any atom is -0.481 e. The van der Waals surface area contributed by atoms with Gasteiger partial charge in [-0.1, -0.05) is 13.8 Å². The molecule has 0 radical (unpaired) electrons. The second-order valence-corrected chi connectivity index (χ2v) is 5.29. The van der Waals surface area contributed by atoms with Gasteiger partial charge in [0.05, 0.1) is 19.3 Å². The summed E-state index contributed by atoms with van der Waals surface area (Å²) < 4.78 is 11.5. The van der Waals surface area contributed by atoms with E-state index in [-0.39, 0.29) is 6.10 Å². The van der Waals surface area contributed by atoms with E-state index in [4.69, 9.17) is 9.47 Å². The van der Waals surface area contributed by atoms with Crippen molar-refractivity contribution in [3.8, 4) is 0 Å². The number of likely N-dealkylation sites (tertiary alicyclic amines) is 1. The summed E-state index contributed by atoms with van der Waals surface area (Å²) in [5.74, 6) is 1.80. The third-order valence-corrected chi connectivity index (χ3v) is 3.41. The fraction of sp³-hybridized carbons (Fsp3) is 0.938. The molecule has 0 spiro atoms. The fourth-order valence-corrected chi connectivity index (χ4v) is 2.51. The van der Waals surface area contributed by atoms with Crippen LogP contribution in [0.2, 0.25) is 0 Å². The highest BCUT2D eigenvalue weighted by Gasteiger charge is 2.32. The van der Waals surface area contributed by atoms with Gasteiger partial charge in [0.1, 0.15) is 0 Å². The van der Waals surface area contributed by atoms with Gasteiger partial charge in [0.25, 0.3) is 0 Å². The highest BCUT2D eigenvalue weighted by atomic mass is 16.5. The quantitative estimate of drug-likeness (QED) is 0.575. The third-order valence-electron chi connectivity index (χ3n) is 3.41. The van der Waals surface area contributed by atoms with Gasteiger partial charge in [-0.15, -0.1) is 0 Å². The first-order chi connectivity index (χ1) is 9.58. The number of hydrogen-bond acceptors (Lipinski definition) is 4. The van der Waals surface area contributed by atoms with Crippen molar-refractivity contribution < 1.29 is 9.47 Å². The van der Waals surface area contributed by atoms with Crippen LogP contribution in [0.4, 0.5) is 0 Å². The van der Waals surface area contributed by atoms with E-state index in [9.17, 15) is 0 Å². The molecule has 0 bridgehead atoms. The van der Waals surface area contributed by atoms with Crippen LogP contribution in [0.1, 0.15) is 41.0 Å². The first kappa shape index (κ1) is 19.4. The molecule has 1 rings (SSSR count). The molecule has 4 nitrogen and oxygen atoms in total. The Kier molecular flexibility index (Phi) is 10.8. The molecule has 2 atom stereocenters. The normalized spacial score (nSPS) is 24.3. The monoisotopic (exact) mass is 286 g/mol. The molecule has 0 aromatic carbocycles. The number of hydrogen-bond donors (Lipinski definition) is 0. The summed E-state index contributed by atoms with van der Waals surface area (Å²) in [6.45, 7) is 13.8. The molecule has 1 unspecified atom stereocenters. The molecule has 1 aliphatic heterocycles. The van der Waals surface area contributed by atoms with E-state index in [0.29, 0.717) is 18.4 Å². The Morgan fingerprint density at radius 3 is 2.50 bits per heavy atom. The Morgan fingerprint density at radius 2 is 2.00 bits per heavy atom. The topological polar surface area (TPSA) is 34.1 Å². The van der Waals surface area contributed by atoms with Crippen molar-refractivity contribution in [2.75, 3.05) is 40.4 Å². The molecule has 1 aliphatic rings. The zero-order chi connectivity index (χ0) is 15.5. The van der Waals surface area contributed by atoms with E-state index in [1.54, 1.807) is 0 Å². The Balaban J connectivity index is 0.00000172. The molecule has 120 valence electrons. The standard InChI is InChI=1S/C14H28N2O2.C2H6/c1-6-17-14(15-4)13-7-8-16(5)9-12(13)10-18-11(2)3;1-2/h11-13H,6-10H2,1-5H3;1-2H3/t12?,13-;/m0./s1. The summed E-state index contributed by atoms with van der Waals surface area (Å²) in [7, 11) is 3.99. The maximum absolute atomic E-state index is 5.80. The van der Waals surface area contributed by atoms with Crippen molar-refractivity contribution in [1.29, 1.82) is 0 Å². The van der Waals surface area contributed by atoms with Gasteiger partial charge in [0.15, 0.2) is 5.90 Å². The lowest BCUT2D eigenvalue weighted by molar-refractivity contribution is 0.0159. The molecule has 4 heteroatoms. The third kappa shape index (κ3) is 6.71. The van der Waals surface area contributed by atoms with Gasteiger partial charge in [-0.05, 0) is 40.8 Å². The number of rotatable bonds is 5. The average Bonchev–Trinajstić information content (AvgIpc) is 2.45. The maximum Gasteiger partial charge on any atom is 0.186 e. The molecule has 0 aliphatic carbocycles. The van der Waals surface area contributed by atoms with Gasteiger partial charge in [-0.3, -0.25) is 4.99 Å². The van der Waals surface area contributed by atoms with Crippen molar-refractivity contribution >= 4 is 5.90 Å². The van der Waals surface area contributed by atoms with E-state index >= 15 is 0 Å². The number of aliphatic imine (C=N–C) groups is 1. The molecule has 0 aromatic rings. The summed E-state index contributed by atoms with van der Waals surface area (Å²) in [5.41, 5.74) is 0.